The van der Waals surface area contributed by atoms with Gasteiger partial charge in [-0.15, -0.1) is 0 Å². The summed E-state index contributed by atoms with van der Waals surface area (Å²) in [4.78, 5) is 24.1. The predicted octanol–water partition coefficient (Wildman–Crippen LogP) is 4.80. The van der Waals surface area contributed by atoms with Gasteiger partial charge in [0.1, 0.15) is 17.1 Å². The van der Waals surface area contributed by atoms with Crippen LogP contribution in [0.2, 0.25) is 0 Å². The number of rotatable bonds is 7. The number of nitro benzene ring substituents is 1. The predicted molar refractivity (Wildman–Crippen MR) is 110 cm³/mol. The van der Waals surface area contributed by atoms with Gasteiger partial charge in [0, 0.05) is 6.42 Å². The molecule has 0 saturated carbocycles. The second-order valence-electron chi connectivity index (χ2n) is 6.35. The molecule has 3 aromatic rings. The van der Waals surface area contributed by atoms with Gasteiger partial charge in [-0.1, -0.05) is 48.5 Å². The highest BCUT2D eigenvalue weighted by Gasteiger charge is 2.26. The summed E-state index contributed by atoms with van der Waals surface area (Å²) in [5.41, 5.74) is 1.66. The highest BCUT2D eigenvalue weighted by molar-refractivity contribution is 6.10. The average molecular weight is 389 g/mol. The van der Waals surface area contributed by atoms with E-state index < -0.39 is 10.7 Å². The Morgan fingerprint density at radius 2 is 1.76 bits per heavy atom. The molecule has 0 unspecified atom stereocenters. The smallest absolute Gasteiger partial charge is 0.287 e. The zero-order chi connectivity index (χ0) is 20.8. The molecular formula is C23H19NO5. The van der Waals surface area contributed by atoms with Gasteiger partial charge in [-0.25, -0.2) is 0 Å². The molecule has 0 heterocycles. The van der Waals surface area contributed by atoms with Crippen LogP contribution in [0, 0.1) is 10.1 Å². The minimum atomic E-state index is -0.539. The van der Waals surface area contributed by atoms with Crippen LogP contribution in [-0.2, 0) is 6.42 Å². The number of benzene rings is 3. The molecule has 0 aliphatic heterocycles. The number of carbonyl (C=O) groups excluding carboxylic acids is 1. The van der Waals surface area contributed by atoms with E-state index in [-0.39, 0.29) is 23.4 Å². The molecule has 1 N–H and O–H groups in total. The van der Waals surface area contributed by atoms with Gasteiger partial charge in [0.2, 0.25) is 0 Å². The Labute approximate surface area is 167 Å². The first kappa shape index (κ1) is 19.8. The maximum absolute atomic E-state index is 12.7. The van der Waals surface area contributed by atoms with E-state index in [1.165, 1.54) is 31.4 Å². The summed E-state index contributed by atoms with van der Waals surface area (Å²) in [6, 6.07) is 18.6. The minimum Gasteiger partial charge on any atom is -0.508 e. The summed E-state index contributed by atoms with van der Waals surface area (Å²) < 4.78 is 5.33. The maximum atomic E-state index is 12.7. The largest absolute Gasteiger partial charge is 0.508 e. The van der Waals surface area contributed by atoms with Gasteiger partial charge < -0.3 is 9.84 Å². The third kappa shape index (κ3) is 4.68. The number of aromatic hydroxyl groups is 1. The monoisotopic (exact) mass is 389 g/mol. The van der Waals surface area contributed by atoms with E-state index in [0.29, 0.717) is 16.9 Å². The summed E-state index contributed by atoms with van der Waals surface area (Å²) >= 11 is 0. The molecule has 0 spiro atoms. The van der Waals surface area contributed by atoms with Gasteiger partial charge in [0.25, 0.3) is 5.69 Å². The van der Waals surface area contributed by atoms with Crippen molar-refractivity contribution in [1.29, 1.82) is 0 Å². The van der Waals surface area contributed by atoms with Crippen molar-refractivity contribution in [3.8, 4) is 11.5 Å². The van der Waals surface area contributed by atoms with Crippen LogP contribution in [0.3, 0.4) is 0 Å². The third-order valence-corrected chi connectivity index (χ3v) is 4.45. The number of ether oxygens (including phenoxy) is 1. The average Bonchev–Trinajstić information content (AvgIpc) is 2.73. The summed E-state index contributed by atoms with van der Waals surface area (Å²) in [5.74, 6) is -0.00817. The second kappa shape index (κ2) is 8.84. The number of ketones is 1. The number of phenolic OH excluding ortho intramolecular Hbond substituents is 1. The van der Waals surface area contributed by atoms with E-state index in [4.69, 9.17) is 4.74 Å². The normalized spacial score (nSPS) is 10.8. The number of carbonyl (C=O) groups is 1. The van der Waals surface area contributed by atoms with Crippen molar-refractivity contribution < 1.29 is 19.6 Å². The van der Waals surface area contributed by atoms with Gasteiger partial charge in [0.15, 0.2) is 5.78 Å². The summed E-state index contributed by atoms with van der Waals surface area (Å²) in [5, 5.41) is 21.2. The zero-order valence-electron chi connectivity index (χ0n) is 15.7. The minimum absolute atomic E-state index is 0.00300. The molecule has 0 aliphatic carbocycles. The molecular weight excluding hydrogens is 370 g/mol. The summed E-state index contributed by atoms with van der Waals surface area (Å²) in [6.07, 6.45) is 3.10. The Balaban J connectivity index is 2.01. The van der Waals surface area contributed by atoms with Crippen molar-refractivity contribution in [3.05, 3.63) is 105 Å². The lowest BCUT2D eigenvalue weighted by Gasteiger charge is -2.11. The number of hydrogen-bond acceptors (Lipinski definition) is 5. The van der Waals surface area contributed by atoms with Crippen LogP contribution in [-0.4, -0.2) is 22.9 Å². The first-order chi connectivity index (χ1) is 14.0. The van der Waals surface area contributed by atoms with Gasteiger partial charge in [0.05, 0.1) is 17.6 Å². The van der Waals surface area contributed by atoms with Crippen molar-refractivity contribution in [2.24, 2.45) is 0 Å². The number of nitrogens with zero attached hydrogens (tertiary/aromatic N) is 1. The van der Waals surface area contributed by atoms with Crippen LogP contribution >= 0.6 is 0 Å². The van der Waals surface area contributed by atoms with E-state index in [1.807, 2.05) is 30.3 Å². The van der Waals surface area contributed by atoms with Crippen LogP contribution in [0.1, 0.15) is 27.0 Å². The van der Waals surface area contributed by atoms with Crippen LogP contribution in [0.4, 0.5) is 5.69 Å². The molecule has 0 radical (unpaired) electrons. The standard InChI is InChI=1S/C23H19NO5/c1-29-22-14-12-19(21(26)13-9-16-7-10-18(25)11-8-16)23(24(27)28)20(22)15-17-5-3-2-4-6-17/h2-14,25H,15H2,1H3. The maximum Gasteiger partial charge on any atom is 0.287 e. The molecule has 0 aliphatic rings. The number of hydrogen-bond donors (Lipinski definition) is 1. The topological polar surface area (TPSA) is 89.7 Å². The Morgan fingerprint density at radius 3 is 2.38 bits per heavy atom. The molecule has 6 heteroatoms. The van der Waals surface area contributed by atoms with E-state index in [1.54, 1.807) is 24.3 Å². The van der Waals surface area contributed by atoms with Crippen LogP contribution in [0.15, 0.2) is 72.8 Å². The molecule has 0 saturated heterocycles. The fraction of sp³-hybridized carbons (Fsp3) is 0.0870. The highest BCUT2D eigenvalue weighted by Crippen LogP contribution is 2.34. The van der Waals surface area contributed by atoms with E-state index in [9.17, 15) is 20.0 Å². The summed E-state index contributed by atoms with van der Waals surface area (Å²) in [7, 11) is 1.44. The van der Waals surface area contributed by atoms with Gasteiger partial charge >= 0.3 is 0 Å². The molecule has 3 aromatic carbocycles. The van der Waals surface area contributed by atoms with Crippen LogP contribution in [0.5, 0.6) is 11.5 Å². The van der Waals surface area contributed by atoms with Gasteiger partial charge in [-0.3, -0.25) is 14.9 Å². The van der Waals surface area contributed by atoms with E-state index in [0.717, 1.165) is 5.56 Å². The lowest BCUT2D eigenvalue weighted by atomic mass is 9.97. The highest BCUT2D eigenvalue weighted by atomic mass is 16.6. The van der Waals surface area contributed by atoms with E-state index >= 15 is 0 Å². The van der Waals surface area contributed by atoms with Crippen molar-refractivity contribution in [2.75, 3.05) is 7.11 Å². The van der Waals surface area contributed by atoms with Gasteiger partial charge in [-0.05, 0) is 41.5 Å². The first-order valence-corrected chi connectivity index (χ1v) is 8.89. The molecule has 6 nitrogen and oxygen atoms in total. The van der Waals surface area contributed by atoms with Crippen molar-refractivity contribution in [2.45, 2.75) is 6.42 Å². The zero-order valence-corrected chi connectivity index (χ0v) is 15.7. The molecule has 3 rings (SSSR count). The Hall–Kier alpha value is -3.93. The van der Waals surface area contributed by atoms with Crippen LogP contribution < -0.4 is 4.74 Å². The lowest BCUT2D eigenvalue weighted by molar-refractivity contribution is -0.385. The lowest BCUT2D eigenvalue weighted by Crippen LogP contribution is -2.07. The molecule has 0 aromatic heterocycles. The van der Waals surface area contributed by atoms with Crippen LogP contribution in [0.25, 0.3) is 6.08 Å². The third-order valence-electron chi connectivity index (χ3n) is 4.45. The summed E-state index contributed by atoms with van der Waals surface area (Å²) in [6.45, 7) is 0. The Morgan fingerprint density at radius 1 is 1.07 bits per heavy atom. The molecule has 29 heavy (non-hydrogen) atoms. The second-order valence-corrected chi connectivity index (χ2v) is 6.35. The fourth-order valence-corrected chi connectivity index (χ4v) is 3.03. The van der Waals surface area contributed by atoms with Crippen molar-refractivity contribution >= 4 is 17.5 Å². The number of methoxy groups -OCH3 is 1. The Bertz CT molecular complexity index is 1060. The number of allylic oxidation sites excluding steroid dienone is 1. The quantitative estimate of drug-likeness (QED) is 0.271. The molecule has 0 atom stereocenters. The number of nitro groups is 1. The SMILES string of the molecule is COc1ccc(C(=O)C=Cc2ccc(O)cc2)c([N+](=O)[O-])c1Cc1ccccc1. The van der Waals surface area contributed by atoms with Crippen molar-refractivity contribution in [3.63, 3.8) is 0 Å². The molecule has 0 amide bonds. The molecule has 146 valence electrons. The first-order valence-electron chi connectivity index (χ1n) is 8.89. The van der Waals surface area contributed by atoms with E-state index in [2.05, 4.69) is 0 Å². The Kier molecular flexibility index (Phi) is 6.04. The fourth-order valence-electron chi connectivity index (χ4n) is 3.03. The van der Waals surface area contributed by atoms with Gasteiger partial charge in [-0.2, -0.15) is 0 Å². The molecule has 0 bridgehead atoms. The molecule has 0 fully saturated rings. The van der Waals surface area contributed by atoms with Crippen molar-refractivity contribution in [1.82, 2.24) is 0 Å². The number of phenols is 1.